The Morgan fingerprint density at radius 1 is 1.23 bits per heavy atom. The van der Waals surface area contributed by atoms with E-state index < -0.39 is 19.7 Å². The van der Waals surface area contributed by atoms with Crippen LogP contribution in [0.1, 0.15) is 58.6 Å². The van der Waals surface area contributed by atoms with Gasteiger partial charge in [0.05, 0.1) is 12.7 Å². The van der Waals surface area contributed by atoms with Gasteiger partial charge in [-0.1, -0.05) is 40.7 Å². The second kappa shape index (κ2) is 6.92. The quantitative estimate of drug-likeness (QED) is 0.528. The van der Waals surface area contributed by atoms with Crippen molar-refractivity contribution >= 4 is 8.32 Å². The first-order valence-electron chi connectivity index (χ1n) is 9.49. The minimum atomic E-state index is -1.81. The van der Waals surface area contributed by atoms with E-state index in [2.05, 4.69) is 33.9 Å². The number of methoxy groups -OCH3 is 1. The van der Waals surface area contributed by atoms with E-state index in [1.54, 1.807) is 6.07 Å². The first-order valence-corrected chi connectivity index (χ1v) is 12.4. The highest BCUT2D eigenvalue weighted by Crippen LogP contribution is 2.55. The summed E-state index contributed by atoms with van der Waals surface area (Å²) < 4.78 is 25.8. The van der Waals surface area contributed by atoms with Crippen molar-refractivity contribution < 1.29 is 18.7 Å². The summed E-state index contributed by atoms with van der Waals surface area (Å²) in [7, 11) is -0.343. The van der Waals surface area contributed by atoms with E-state index in [0.29, 0.717) is 25.0 Å². The zero-order valence-corrected chi connectivity index (χ0v) is 18.6. The van der Waals surface area contributed by atoms with Crippen LogP contribution in [0.3, 0.4) is 0 Å². The molecule has 0 saturated heterocycles. The lowest BCUT2D eigenvalue weighted by atomic mass is 9.73. The molecule has 0 fully saturated rings. The zero-order valence-electron chi connectivity index (χ0n) is 17.6. The van der Waals surface area contributed by atoms with Crippen LogP contribution in [0.25, 0.3) is 0 Å². The molecule has 0 spiro atoms. The van der Waals surface area contributed by atoms with Crippen LogP contribution >= 0.6 is 0 Å². The Kier molecular flexibility index (Phi) is 5.69. The number of aliphatic hydroxyl groups is 1. The standard InChI is InChI=1S/C21H35FO3Si/c1-19(2,3)26(7,8)25-13-9-12-21(23)17-15(14-20(21,4)5)10-11-16(22)18(17)24-6/h10-11,23H,9,12-14H2,1-8H3. The summed E-state index contributed by atoms with van der Waals surface area (Å²) in [6.45, 7) is 15.8. The Labute approximate surface area is 159 Å². The van der Waals surface area contributed by atoms with Crippen molar-refractivity contribution in [1.82, 2.24) is 0 Å². The van der Waals surface area contributed by atoms with Gasteiger partial charge in [0.1, 0.15) is 0 Å². The van der Waals surface area contributed by atoms with Crippen LogP contribution in [0.2, 0.25) is 18.1 Å². The highest BCUT2D eigenvalue weighted by atomic mass is 28.4. The molecule has 0 aliphatic heterocycles. The summed E-state index contributed by atoms with van der Waals surface area (Å²) in [4.78, 5) is 0. The van der Waals surface area contributed by atoms with E-state index in [-0.39, 0.29) is 16.2 Å². The number of rotatable bonds is 6. The molecule has 5 heteroatoms. The van der Waals surface area contributed by atoms with Gasteiger partial charge in [0.2, 0.25) is 0 Å². The molecule has 1 unspecified atom stereocenters. The third-order valence-corrected chi connectivity index (χ3v) is 11.1. The molecule has 26 heavy (non-hydrogen) atoms. The fourth-order valence-corrected chi connectivity index (χ4v) is 4.78. The molecule has 0 amide bonds. The Morgan fingerprint density at radius 3 is 2.38 bits per heavy atom. The molecule has 1 atom stereocenters. The third-order valence-electron chi connectivity index (χ3n) is 6.52. The fraction of sp³-hybridized carbons (Fsp3) is 0.714. The van der Waals surface area contributed by atoms with Gasteiger partial charge in [0, 0.05) is 17.6 Å². The van der Waals surface area contributed by atoms with Gasteiger partial charge in [-0.3, -0.25) is 0 Å². The smallest absolute Gasteiger partial charge is 0.191 e. The van der Waals surface area contributed by atoms with Crippen molar-refractivity contribution in [3.63, 3.8) is 0 Å². The average molecular weight is 383 g/mol. The normalized spacial score (nSPS) is 22.4. The van der Waals surface area contributed by atoms with Crippen molar-refractivity contribution in [2.45, 2.75) is 77.6 Å². The molecule has 1 aliphatic rings. The summed E-state index contributed by atoms with van der Waals surface area (Å²) in [6, 6.07) is 3.21. The fourth-order valence-electron chi connectivity index (χ4n) is 3.69. The highest BCUT2D eigenvalue weighted by molar-refractivity contribution is 6.74. The van der Waals surface area contributed by atoms with Crippen LogP contribution in [-0.4, -0.2) is 27.1 Å². The van der Waals surface area contributed by atoms with Gasteiger partial charge in [-0.2, -0.15) is 0 Å². The largest absolute Gasteiger partial charge is 0.493 e. The summed E-state index contributed by atoms with van der Waals surface area (Å²) in [5.74, 6) is -0.235. The van der Waals surface area contributed by atoms with Crippen LogP contribution in [0.4, 0.5) is 4.39 Å². The van der Waals surface area contributed by atoms with Gasteiger partial charge in [0.15, 0.2) is 19.9 Å². The average Bonchev–Trinajstić information content (AvgIpc) is 2.70. The number of benzene rings is 1. The molecular weight excluding hydrogens is 347 g/mol. The second-order valence-electron chi connectivity index (χ2n) is 9.75. The molecule has 0 radical (unpaired) electrons. The monoisotopic (exact) mass is 382 g/mol. The van der Waals surface area contributed by atoms with Crippen LogP contribution in [0, 0.1) is 11.2 Å². The van der Waals surface area contributed by atoms with E-state index in [4.69, 9.17) is 9.16 Å². The van der Waals surface area contributed by atoms with Crippen LogP contribution < -0.4 is 4.74 Å². The topological polar surface area (TPSA) is 38.7 Å². The van der Waals surface area contributed by atoms with E-state index in [1.165, 1.54) is 13.2 Å². The molecule has 1 aliphatic carbocycles. The maximum absolute atomic E-state index is 14.3. The van der Waals surface area contributed by atoms with Crippen LogP contribution in [0.15, 0.2) is 12.1 Å². The predicted octanol–water partition coefficient (Wildman–Crippen LogP) is 5.41. The predicted molar refractivity (Wildman–Crippen MR) is 107 cm³/mol. The lowest BCUT2D eigenvalue weighted by Gasteiger charge is -2.39. The molecule has 3 nitrogen and oxygen atoms in total. The van der Waals surface area contributed by atoms with Crippen molar-refractivity contribution in [3.8, 4) is 5.75 Å². The maximum Gasteiger partial charge on any atom is 0.191 e. The Balaban J connectivity index is 2.20. The van der Waals surface area contributed by atoms with Crippen molar-refractivity contribution in [3.05, 3.63) is 29.1 Å². The first kappa shape index (κ1) is 21.4. The van der Waals surface area contributed by atoms with Crippen LogP contribution in [-0.2, 0) is 16.4 Å². The molecule has 0 bridgehead atoms. The molecule has 0 aromatic heterocycles. The van der Waals surface area contributed by atoms with Crippen molar-refractivity contribution in [2.24, 2.45) is 5.41 Å². The van der Waals surface area contributed by atoms with Crippen molar-refractivity contribution in [2.75, 3.05) is 13.7 Å². The molecular formula is C21H35FO3Si. The minimum Gasteiger partial charge on any atom is -0.493 e. The first-order chi connectivity index (χ1) is 11.8. The molecule has 1 aromatic rings. The number of fused-ring (bicyclic) bond motifs is 1. The van der Waals surface area contributed by atoms with Gasteiger partial charge in [-0.05, 0) is 49.0 Å². The summed E-state index contributed by atoms with van der Waals surface area (Å²) in [5.41, 5.74) is 0.0957. The van der Waals surface area contributed by atoms with Crippen molar-refractivity contribution in [1.29, 1.82) is 0 Å². The summed E-state index contributed by atoms with van der Waals surface area (Å²) in [6.07, 6.45) is 1.96. The summed E-state index contributed by atoms with van der Waals surface area (Å²) in [5, 5.41) is 11.8. The minimum absolute atomic E-state index is 0.162. The molecule has 1 N–H and O–H groups in total. The lowest BCUT2D eigenvalue weighted by molar-refractivity contribution is -0.0709. The Morgan fingerprint density at radius 2 is 1.85 bits per heavy atom. The second-order valence-corrected chi connectivity index (χ2v) is 14.6. The Hall–Kier alpha value is -0.913. The number of hydrogen-bond acceptors (Lipinski definition) is 3. The molecule has 148 valence electrons. The molecule has 1 aromatic carbocycles. The van der Waals surface area contributed by atoms with Gasteiger partial charge in [0.25, 0.3) is 0 Å². The molecule has 0 saturated carbocycles. The third kappa shape index (κ3) is 3.58. The number of hydrogen-bond donors (Lipinski definition) is 1. The molecule has 0 heterocycles. The van der Waals surface area contributed by atoms with E-state index >= 15 is 0 Å². The summed E-state index contributed by atoms with van der Waals surface area (Å²) >= 11 is 0. The van der Waals surface area contributed by atoms with Crippen LogP contribution in [0.5, 0.6) is 5.75 Å². The number of ether oxygens (including phenoxy) is 1. The Bertz CT molecular complexity index is 664. The number of halogens is 1. The highest BCUT2D eigenvalue weighted by Gasteiger charge is 2.53. The van der Waals surface area contributed by atoms with Gasteiger partial charge in [-0.15, -0.1) is 0 Å². The lowest BCUT2D eigenvalue weighted by Crippen LogP contribution is -2.42. The van der Waals surface area contributed by atoms with E-state index in [1.807, 2.05) is 13.8 Å². The maximum atomic E-state index is 14.3. The SMILES string of the molecule is COc1c(F)ccc2c1C(O)(CCCO[Si](C)(C)C(C)(C)C)C(C)(C)C2. The van der Waals surface area contributed by atoms with E-state index in [0.717, 1.165) is 12.0 Å². The van der Waals surface area contributed by atoms with Gasteiger partial charge >= 0.3 is 0 Å². The van der Waals surface area contributed by atoms with Gasteiger partial charge < -0.3 is 14.3 Å². The molecule has 2 rings (SSSR count). The van der Waals surface area contributed by atoms with Gasteiger partial charge in [-0.25, -0.2) is 4.39 Å². The zero-order chi connectivity index (χ0) is 20.0. The van der Waals surface area contributed by atoms with E-state index in [9.17, 15) is 9.50 Å².